The Bertz CT molecular complexity index is 444. The zero-order valence-corrected chi connectivity index (χ0v) is 11.4. The molecule has 0 radical (unpaired) electrons. The van der Waals surface area contributed by atoms with Gasteiger partial charge in [0.15, 0.2) is 5.78 Å². The summed E-state index contributed by atoms with van der Waals surface area (Å²) in [6.45, 7) is 7.66. The first-order valence-corrected chi connectivity index (χ1v) is 5.92. The van der Waals surface area contributed by atoms with Crippen LogP contribution >= 0.6 is 11.6 Å². The molecule has 0 aliphatic rings. The fourth-order valence-corrected chi connectivity index (χ4v) is 1.38. The van der Waals surface area contributed by atoms with E-state index in [1.165, 1.54) is 0 Å². The van der Waals surface area contributed by atoms with Crippen molar-refractivity contribution in [2.24, 2.45) is 5.41 Å². The second kappa shape index (κ2) is 5.37. The molecule has 1 N–H and O–H groups in total. The molecular formula is C14H18ClNO. The Balaban J connectivity index is 2.71. The molecule has 1 aromatic rings. The van der Waals surface area contributed by atoms with E-state index in [0.717, 1.165) is 11.3 Å². The highest BCUT2D eigenvalue weighted by atomic mass is 35.5. The van der Waals surface area contributed by atoms with E-state index in [2.05, 4.69) is 5.32 Å². The van der Waals surface area contributed by atoms with Crippen molar-refractivity contribution in [3.8, 4) is 0 Å². The van der Waals surface area contributed by atoms with E-state index in [1.54, 1.807) is 12.3 Å². The summed E-state index contributed by atoms with van der Waals surface area (Å²) in [4.78, 5) is 11.7. The lowest BCUT2D eigenvalue weighted by atomic mass is 9.91. The van der Waals surface area contributed by atoms with Crippen molar-refractivity contribution < 1.29 is 4.79 Å². The molecular weight excluding hydrogens is 234 g/mol. The Kier molecular flexibility index (Phi) is 4.35. The SMILES string of the molecule is Cc1ccc(Cl)cc1N/C=C/C(=O)C(C)(C)C. The van der Waals surface area contributed by atoms with Gasteiger partial charge in [-0.1, -0.05) is 38.4 Å². The Morgan fingerprint density at radius 1 is 1.35 bits per heavy atom. The smallest absolute Gasteiger partial charge is 0.162 e. The van der Waals surface area contributed by atoms with E-state index in [1.807, 2.05) is 45.9 Å². The maximum Gasteiger partial charge on any atom is 0.162 e. The zero-order chi connectivity index (χ0) is 13.1. The predicted molar refractivity (Wildman–Crippen MR) is 73.4 cm³/mol. The number of hydrogen-bond donors (Lipinski definition) is 1. The summed E-state index contributed by atoms with van der Waals surface area (Å²) in [6.07, 6.45) is 3.21. The Labute approximate surface area is 108 Å². The van der Waals surface area contributed by atoms with Crippen molar-refractivity contribution in [2.75, 3.05) is 5.32 Å². The van der Waals surface area contributed by atoms with Gasteiger partial charge in [-0.25, -0.2) is 0 Å². The molecule has 1 aromatic carbocycles. The first-order chi connectivity index (χ1) is 7.80. The largest absolute Gasteiger partial charge is 0.361 e. The second-order valence-corrected chi connectivity index (χ2v) is 5.49. The first-order valence-electron chi connectivity index (χ1n) is 5.54. The van der Waals surface area contributed by atoms with Crippen LogP contribution in [0.4, 0.5) is 5.69 Å². The van der Waals surface area contributed by atoms with Gasteiger partial charge in [-0.3, -0.25) is 4.79 Å². The number of benzene rings is 1. The number of carbonyl (C=O) groups is 1. The molecule has 3 heteroatoms. The van der Waals surface area contributed by atoms with Crippen LogP contribution in [-0.2, 0) is 4.79 Å². The number of halogens is 1. The third kappa shape index (κ3) is 4.23. The van der Waals surface area contributed by atoms with Crippen molar-refractivity contribution in [2.45, 2.75) is 27.7 Å². The third-order valence-corrected chi connectivity index (χ3v) is 2.65. The van der Waals surface area contributed by atoms with Crippen LogP contribution in [0.5, 0.6) is 0 Å². The van der Waals surface area contributed by atoms with Gasteiger partial charge in [0.2, 0.25) is 0 Å². The fourth-order valence-electron chi connectivity index (χ4n) is 1.21. The molecule has 0 aliphatic carbocycles. The van der Waals surface area contributed by atoms with Crippen LogP contribution < -0.4 is 5.32 Å². The maximum atomic E-state index is 11.7. The third-order valence-electron chi connectivity index (χ3n) is 2.41. The van der Waals surface area contributed by atoms with Crippen molar-refractivity contribution in [3.63, 3.8) is 0 Å². The van der Waals surface area contributed by atoms with Gasteiger partial charge in [0.25, 0.3) is 0 Å². The molecule has 17 heavy (non-hydrogen) atoms. The molecule has 0 bridgehead atoms. The molecule has 0 saturated carbocycles. The Morgan fingerprint density at radius 3 is 2.59 bits per heavy atom. The highest BCUT2D eigenvalue weighted by Gasteiger charge is 2.17. The van der Waals surface area contributed by atoms with Crippen molar-refractivity contribution in [1.29, 1.82) is 0 Å². The lowest BCUT2D eigenvalue weighted by Gasteiger charge is -2.13. The number of ketones is 1. The molecule has 0 aliphatic heterocycles. The van der Waals surface area contributed by atoms with Crippen LogP contribution in [-0.4, -0.2) is 5.78 Å². The van der Waals surface area contributed by atoms with E-state index < -0.39 is 0 Å². The van der Waals surface area contributed by atoms with Crippen LogP contribution in [0.25, 0.3) is 0 Å². The van der Waals surface area contributed by atoms with Gasteiger partial charge < -0.3 is 5.32 Å². The number of allylic oxidation sites excluding steroid dienone is 1. The maximum absolute atomic E-state index is 11.7. The molecule has 0 unspecified atom stereocenters. The number of nitrogens with one attached hydrogen (secondary N) is 1. The van der Waals surface area contributed by atoms with Gasteiger partial charge in [-0.15, -0.1) is 0 Å². The monoisotopic (exact) mass is 251 g/mol. The predicted octanol–water partition coefficient (Wildman–Crippen LogP) is 4.19. The van der Waals surface area contributed by atoms with Crippen molar-refractivity contribution in [3.05, 3.63) is 41.1 Å². The summed E-state index contributed by atoms with van der Waals surface area (Å²) in [5, 5.41) is 3.75. The lowest BCUT2D eigenvalue weighted by molar-refractivity contribution is -0.121. The van der Waals surface area contributed by atoms with Crippen LogP contribution in [0.3, 0.4) is 0 Å². The quantitative estimate of drug-likeness (QED) is 0.817. The number of rotatable bonds is 3. The van der Waals surface area contributed by atoms with Crippen molar-refractivity contribution in [1.82, 2.24) is 0 Å². The first kappa shape index (κ1) is 13.8. The summed E-state index contributed by atoms with van der Waals surface area (Å²) < 4.78 is 0. The van der Waals surface area contributed by atoms with Gasteiger partial charge in [-0.2, -0.15) is 0 Å². The number of aryl methyl sites for hydroxylation is 1. The molecule has 0 fully saturated rings. The Morgan fingerprint density at radius 2 is 2.00 bits per heavy atom. The average Bonchev–Trinajstić information content (AvgIpc) is 2.21. The molecule has 0 heterocycles. The minimum Gasteiger partial charge on any atom is -0.361 e. The fraction of sp³-hybridized carbons (Fsp3) is 0.357. The number of carbonyl (C=O) groups excluding carboxylic acids is 1. The summed E-state index contributed by atoms with van der Waals surface area (Å²) in [6, 6.07) is 5.61. The minimum atomic E-state index is -0.346. The van der Waals surface area contributed by atoms with E-state index >= 15 is 0 Å². The molecule has 0 amide bonds. The van der Waals surface area contributed by atoms with Crippen molar-refractivity contribution >= 4 is 23.1 Å². The molecule has 0 spiro atoms. The van der Waals surface area contributed by atoms with E-state index in [4.69, 9.17) is 11.6 Å². The summed E-state index contributed by atoms with van der Waals surface area (Å²) >= 11 is 5.90. The normalized spacial score (nSPS) is 11.8. The standard InChI is InChI=1S/C14H18ClNO/c1-10-5-6-11(15)9-12(10)16-8-7-13(17)14(2,3)4/h5-9,16H,1-4H3/b8-7+. The number of hydrogen-bond acceptors (Lipinski definition) is 2. The van der Waals surface area contributed by atoms with E-state index in [9.17, 15) is 4.79 Å². The van der Waals surface area contributed by atoms with Gasteiger partial charge in [0, 0.05) is 22.3 Å². The zero-order valence-electron chi connectivity index (χ0n) is 10.7. The van der Waals surface area contributed by atoms with Gasteiger partial charge in [-0.05, 0) is 30.7 Å². The second-order valence-electron chi connectivity index (χ2n) is 5.05. The van der Waals surface area contributed by atoms with E-state index in [0.29, 0.717) is 5.02 Å². The van der Waals surface area contributed by atoms with Crippen LogP contribution in [0.15, 0.2) is 30.5 Å². The summed E-state index contributed by atoms with van der Waals surface area (Å²) in [7, 11) is 0. The molecule has 1 rings (SSSR count). The number of anilines is 1. The molecule has 0 aromatic heterocycles. The van der Waals surface area contributed by atoms with Gasteiger partial charge in [0.1, 0.15) is 0 Å². The minimum absolute atomic E-state index is 0.0877. The van der Waals surface area contributed by atoms with Gasteiger partial charge >= 0.3 is 0 Å². The summed E-state index contributed by atoms with van der Waals surface area (Å²) in [5.41, 5.74) is 1.65. The van der Waals surface area contributed by atoms with E-state index in [-0.39, 0.29) is 11.2 Å². The topological polar surface area (TPSA) is 29.1 Å². The molecule has 2 nitrogen and oxygen atoms in total. The molecule has 0 saturated heterocycles. The Hall–Kier alpha value is -1.28. The summed E-state index contributed by atoms with van der Waals surface area (Å²) in [5.74, 6) is 0.0877. The molecule has 92 valence electrons. The van der Waals surface area contributed by atoms with Crippen LogP contribution in [0.2, 0.25) is 5.02 Å². The highest BCUT2D eigenvalue weighted by molar-refractivity contribution is 6.30. The average molecular weight is 252 g/mol. The van der Waals surface area contributed by atoms with Crippen LogP contribution in [0, 0.1) is 12.3 Å². The highest BCUT2D eigenvalue weighted by Crippen LogP contribution is 2.20. The molecule has 0 atom stereocenters. The van der Waals surface area contributed by atoms with Crippen LogP contribution in [0.1, 0.15) is 26.3 Å². The van der Waals surface area contributed by atoms with Gasteiger partial charge in [0.05, 0.1) is 0 Å². The lowest BCUT2D eigenvalue weighted by Crippen LogP contribution is -2.17.